The van der Waals surface area contributed by atoms with Crippen LogP contribution in [0.4, 0.5) is 5.82 Å². The first-order valence-electron chi connectivity index (χ1n) is 9.70. The van der Waals surface area contributed by atoms with Crippen molar-refractivity contribution in [3.05, 3.63) is 46.4 Å². The summed E-state index contributed by atoms with van der Waals surface area (Å²) in [5, 5.41) is 8.42. The second-order valence-corrected chi connectivity index (χ2v) is 7.45. The minimum Gasteiger partial charge on any atom is -0.361 e. The van der Waals surface area contributed by atoms with E-state index >= 15 is 0 Å². The molecule has 1 aliphatic heterocycles. The number of aromatic nitrogens is 5. The second-order valence-electron chi connectivity index (χ2n) is 7.45. The molecule has 9 nitrogen and oxygen atoms in total. The highest BCUT2D eigenvalue weighted by molar-refractivity contribution is 5.96. The summed E-state index contributed by atoms with van der Waals surface area (Å²) in [6.07, 6.45) is 0. The quantitative estimate of drug-likeness (QED) is 0.671. The topological polar surface area (TPSA) is 93.2 Å². The van der Waals surface area contributed by atoms with Crippen molar-refractivity contribution in [2.45, 2.75) is 34.6 Å². The average Bonchev–Trinajstić information content (AvgIpc) is 3.21. The van der Waals surface area contributed by atoms with Gasteiger partial charge in [0.25, 0.3) is 5.91 Å². The predicted molar refractivity (Wildman–Crippen MR) is 107 cm³/mol. The lowest BCUT2D eigenvalue weighted by atomic mass is 10.1. The molecule has 1 aliphatic rings. The van der Waals surface area contributed by atoms with E-state index in [1.165, 1.54) is 0 Å². The van der Waals surface area contributed by atoms with Crippen LogP contribution < -0.4 is 4.90 Å². The number of nitrogens with zero attached hydrogens (tertiary/aromatic N) is 7. The van der Waals surface area contributed by atoms with Crippen molar-refractivity contribution in [1.82, 2.24) is 29.8 Å². The van der Waals surface area contributed by atoms with E-state index in [2.05, 4.69) is 25.1 Å². The van der Waals surface area contributed by atoms with Gasteiger partial charge in [-0.1, -0.05) is 5.16 Å². The Bertz CT molecular complexity index is 1040. The van der Waals surface area contributed by atoms with E-state index in [0.717, 1.165) is 23.0 Å². The molecule has 0 spiro atoms. The third-order valence-corrected chi connectivity index (χ3v) is 5.18. The standard InChI is InChI=1S/C20H25N7O2/c1-12-10-13(2)27(23-12)18-11-17(21-16(5)22-18)25-6-8-26(9-7-25)20(28)19-14(3)24-29-15(19)4/h10-11H,6-9H2,1-5H3. The maximum atomic E-state index is 12.8. The minimum atomic E-state index is -0.0249. The minimum absolute atomic E-state index is 0.0249. The Balaban J connectivity index is 1.52. The Morgan fingerprint density at radius 1 is 0.966 bits per heavy atom. The van der Waals surface area contributed by atoms with E-state index in [1.807, 2.05) is 42.5 Å². The second kappa shape index (κ2) is 7.31. The van der Waals surface area contributed by atoms with Gasteiger partial charge in [0.2, 0.25) is 0 Å². The highest BCUT2D eigenvalue weighted by Crippen LogP contribution is 2.21. The van der Waals surface area contributed by atoms with Crippen molar-refractivity contribution in [1.29, 1.82) is 0 Å². The number of amides is 1. The average molecular weight is 395 g/mol. The van der Waals surface area contributed by atoms with Gasteiger partial charge in [-0.3, -0.25) is 4.79 Å². The maximum absolute atomic E-state index is 12.8. The van der Waals surface area contributed by atoms with E-state index in [-0.39, 0.29) is 5.91 Å². The van der Waals surface area contributed by atoms with Crippen LogP contribution in [0.15, 0.2) is 16.7 Å². The number of rotatable bonds is 3. The molecular weight excluding hydrogens is 370 g/mol. The van der Waals surface area contributed by atoms with Crippen molar-refractivity contribution in [3.63, 3.8) is 0 Å². The Morgan fingerprint density at radius 2 is 1.66 bits per heavy atom. The molecule has 0 aliphatic carbocycles. The smallest absolute Gasteiger partial charge is 0.259 e. The van der Waals surface area contributed by atoms with Gasteiger partial charge in [0.1, 0.15) is 23.0 Å². The molecule has 4 heterocycles. The summed E-state index contributed by atoms with van der Waals surface area (Å²) in [5.41, 5.74) is 3.19. The summed E-state index contributed by atoms with van der Waals surface area (Å²) in [7, 11) is 0. The summed E-state index contributed by atoms with van der Waals surface area (Å²) in [4.78, 5) is 26.0. The van der Waals surface area contributed by atoms with Crippen molar-refractivity contribution >= 4 is 11.7 Å². The highest BCUT2D eigenvalue weighted by Gasteiger charge is 2.27. The van der Waals surface area contributed by atoms with Gasteiger partial charge in [-0.05, 0) is 40.7 Å². The highest BCUT2D eigenvalue weighted by atomic mass is 16.5. The van der Waals surface area contributed by atoms with Crippen LogP contribution >= 0.6 is 0 Å². The van der Waals surface area contributed by atoms with Crippen LogP contribution in [0.1, 0.15) is 39.0 Å². The van der Waals surface area contributed by atoms with E-state index in [4.69, 9.17) is 4.52 Å². The molecule has 3 aromatic rings. The molecule has 1 fully saturated rings. The fourth-order valence-corrected chi connectivity index (χ4v) is 3.75. The molecule has 0 aromatic carbocycles. The van der Waals surface area contributed by atoms with Crippen LogP contribution in [0.5, 0.6) is 0 Å². The van der Waals surface area contributed by atoms with E-state index in [1.54, 1.807) is 13.8 Å². The normalized spacial score (nSPS) is 14.5. The van der Waals surface area contributed by atoms with E-state index < -0.39 is 0 Å². The number of piperazine rings is 1. The molecule has 9 heteroatoms. The fourth-order valence-electron chi connectivity index (χ4n) is 3.75. The molecule has 0 saturated carbocycles. The van der Waals surface area contributed by atoms with Crippen molar-refractivity contribution in [3.8, 4) is 5.82 Å². The molecule has 0 radical (unpaired) electrons. The summed E-state index contributed by atoms with van der Waals surface area (Å²) < 4.78 is 6.98. The van der Waals surface area contributed by atoms with Crippen LogP contribution in [-0.2, 0) is 0 Å². The lowest BCUT2D eigenvalue weighted by molar-refractivity contribution is 0.0744. The first-order valence-corrected chi connectivity index (χ1v) is 9.70. The lowest BCUT2D eigenvalue weighted by Crippen LogP contribution is -2.49. The molecule has 0 atom stereocenters. The Hall–Kier alpha value is -3.23. The third-order valence-electron chi connectivity index (χ3n) is 5.18. The zero-order chi connectivity index (χ0) is 20.7. The van der Waals surface area contributed by atoms with Gasteiger partial charge in [-0.15, -0.1) is 0 Å². The zero-order valence-corrected chi connectivity index (χ0v) is 17.4. The van der Waals surface area contributed by atoms with Gasteiger partial charge in [-0.25, -0.2) is 14.6 Å². The van der Waals surface area contributed by atoms with E-state index in [9.17, 15) is 4.79 Å². The Morgan fingerprint density at radius 3 is 2.24 bits per heavy atom. The molecule has 29 heavy (non-hydrogen) atoms. The van der Waals surface area contributed by atoms with Gasteiger partial charge in [0, 0.05) is 37.9 Å². The molecule has 152 valence electrons. The van der Waals surface area contributed by atoms with Crippen molar-refractivity contribution < 1.29 is 9.32 Å². The van der Waals surface area contributed by atoms with Crippen molar-refractivity contribution in [2.75, 3.05) is 31.1 Å². The molecule has 0 bridgehead atoms. The number of hydrogen-bond acceptors (Lipinski definition) is 7. The van der Waals surface area contributed by atoms with Crippen LogP contribution in [0.2, 0.25) is 0 Å². The van der Waals surface area contributed by atoms with Gasteiger partial charge in [0.05, 0.1) is 11.4 Å². The summed E-state index contributed by atoms with van der Waals surface area (Å²) in [6.45, 7) is 12.0. The number of hydrogen-bond donors (Lipinski definition) is 0. The van der Waals surface area contributed by atoms with Crippen LogP contribution in [0, 0.1) is 34.6 Å². The molecule has 0 N–H and O–H groups in total. The number of carbonyl (C=O) groups is 1. The summed E-state index contributed by atoms with van der Waals surface area (Å²) in [6, 6.07) is 3.98. The molecule has 0 unspecified atom stereocenters. The number of anilines is 1. The molecular formula is C20H25N7O2. The Labute approximate surface area is 169 Å². The predicted octanol–water partition coefficient (Wildman–Crippen LogP) is 2.15. The first-order chi connectivity index (χ1) is 13.8. The largest absolute Gasteiger partial charge is 0.361 e. The molecule has 1 saturated heterocycles. The van der Waals surface area contributed by atoms with Gasteiger partial charge >= 0.3 is 0 Å². The zero-order valence-electron chi connectivity index (χ0n) is 17.4. The lowest BCUT2D eigenvalue weighted by Gasteiger charge is -2.35. The van der Waals surface area contributed by atoms with Crippen LogP contribution in [0.25, 0.3) is 5.82 Å². The SMILES string of the molecule is Cc1cc(C)n(-c2cc(N3CCN(C(=O)c4c(C)noc4C)CC3)nc(C)n2)n1. The fraction of sp³-hybridized carbons (Fsp3) is 0.450. The molecule has 3 aromatic heterocycles. The van der Waals surface area contributed by atoms with Crippen LogP contribution in [-0.4, -0.2) is 61.9 Å². The maximum Gasteiger partial charge on any atom is 0.259 e. The molecule has 4 rings (SSSR count). The molecule has 1 amide bonds. The number of carbonyl (C=O) groups excluding carboxylic acids is 1. The number of aryl methyl sites for hydroxylation is 5. The van der Waals surface area contributed by atoms with Gasteiger partial charge in [0.15, 0.2) is 5.82 Å². The first kappa shape index (κ1) is 19.1. The van der Waals surface area contributed by atoms with Gasteiger partial charge < -0.3 is 14.3 Å². The van der Waals surface area contributed by atoms with Crippen LogP contribution in [0.3, 0.4) is 0 Å². The van der Waals surface area contributed by atoms with Gasteiger partial charge in [-0.2, -0.15) is 5.10 Å². The van der Waals surface area contributed by atoms with Crippen molar-refractivity contribution in [2.24, 2.45) is 0 Å². The third kappa shape index (κ3) is 3.59. The monoisotopic (exact) mass is 395 g/mol. The Kier molecular flexibility index (Phi) is 4.81. The van der Waals surface area contributed by atoms with E-state index in [0.29, 0.717) is 49.0 Å². The summed E-state index contributed by atoms with van der Waals surface area (Å²) >= 11 is 0. The summed E-state index contributed by atoms with van der Waals surface area (Å²) in [5.74, 6) is 2.84.